The molecule has 1 rings (SSSR count). The molecule has 7 heteroatoms. The van der Waals surface area contributed by atoms with Crippen molar-refractivity contribution in [3.8, 4) is 11.8 Å². The van der Waals surface area contributed by atoms with Crippen LogP contribution in [0, 0.1) is 18.3 Å². The molecule has 0 aliphatic rings. The zero-order valence-electron chi connectivity index (χ0n) is 12.6. The van der Waals surface area contributed by atoms with E-state index in [9.17, 15) is 9.59 Å². The van der Waals surface area contributed by atoms with Gasteiger partial charge in [0.1, 0.15) is 17.4 Å². The summed E-state index contributed by atoms with van der Waals surface area (Å²) in [5.74, 6) is -0.132. The number of ether oxygens (including phenoxy) is 2. The Morgan fingerprint density at radius 1 is 1.41 bits per heavy atom. The molecule has 0 aliphatic carbocycles. The molecular formula is C15H17N3O4. The van der Waals surface area contributed by atoms with Crippen LogP contribution in [0.1, 0.15) is 12.5 Å². The molecule has 0 bridgehead atoms. The quantitative estimate of drug-likeness (QED) is 0.638. The number of carbonyl (C=O) groups is 2. The first-order valence-electron chi connectivity index (χ1n) is 6.51. The fourth-order valence-electron chi connectivity index (χ4n) is 1.55. The first kappa shape index (κ1) is 17.0. The van der Waals surface area contributed by atoms with Gasteiger partial charge in [0.25, 0.3) is 5.91 Å². The molecule has 0 radical (unpaired) electrons. The summed E-state index contributed by atoms with van der Waals surface area (Å²) in [5.41, 5.74) is 1.33. The Kier molecular flexibility index (Phi) is 6.44. The largest absolute Gasteiger partial charge is 0.497 e. The third-order valence-electron chi connectivity index (χ3n) is 2.66. The smallest absolute Gasteiger partial charge is 0.414 e. The van der Waals surface area contributed by atoms with Gasteiger partial charge in [-0.25, -0.2) is 4.79 Å². The predicted octanol–water partition coefficient (Wildman–Crippen LogP) is 2.10. The van der Waals surface area contributed by atoms with Crippen LogP contribution in [0.25, 0.3) is 0 Å². The highest BCUT2D eigenvalue weighted by Gasteiger charge is 2.13. The highest BCUT2D eigenvalue weighted by atomic mass is 16.5. The zero-order chi connectivity index (χ0) is 16.5. The van der Waals surface area contributed by atoms with Gasteiger partial charge in [0.15, 0.2) is 0 Å². The number of aryl methyl sites for hydroxylation is 1. The number of anilines is 1. The minimum atomic E-state index is -0.894. The summed E-state index contributed by atoms with van der Waals surface area (Å²) >= 11 is 0. The van der Waals surface area contributed by atoms with Gasteiger partial charge < -0.3 is 14.8 Å². The van der Waals surface area contributed by atoms with Gasteiger partial charge in [0.05, 0.1) is 13.7 Å². The van der Waals surface area contributed by atoms with E-state index >= 15 is 0 Å². The maximum Gasteiger partial charge on any atom is 0.414 e. The topological polar surface area (TPSA) is 100 Å². The van der Waals surface area contributed by atoms with Crippen LogP contribution in [-0.2, 0) is 9.53 Å². The second-order valence-corrected chi connectivity index (χ2v) is 4.17. The molecule has 0 spiro atoms. The number of rotatable bonds is 5. The highest BCUT2D eigenvalue weighted by Crippen LogP contribution is 2.21. The fraction of sp³-hybridized carbons (Fsp3) is 0.267. The maximum atomic E-state index is 11.7. The second kappa shape index (κ2) is 8.32. The lowest BCUT2D eigenvalue weighted by Gasteiger charge is -2.08. The number of hydrogen-bond acceptors (Lipinski definition) is 6. The van der Waals surface area contributed by atoms with Gasteiger partial charge in [-0.05, 0) is 37.6 Å². The Bertz CT molecular complexity index is 632. The molecular weight excluding hydrogens is 286 g/mol. The van der Waals surface area contributed by atoms with E-state index in [1.807, 2.05) is 12.2 Å². The van der Waals surface area contributed by atoms with Crippen LogP contribution < -0.4 is 15.4 Å². The summed E-state index contributed by atoms with van der Waals surface area (Å²) in [6.07, 6.45) is 0.331. The molecule has 22 heavy (non-hydrogen) atoms. The first-order valence-corrected chi connectivity index (χ1v) is 6.51. The number of nitriles is 1. The molecule has 0 aromatic heterocycles. The Labute approximate surface area is 128 Å². The molecule has 0 atom stereocenters. The van der Waals surface area contributed by atoms with E-state index in [0.717, 1.165) is 5.56 Å². The molecule has 1 aromatic carbocycles. The van der Waals surface area contributed by atoms with Crippen molar-refractivity contribution in [3.63, 3.8) is 0 Å². The molecule has 0 saturated carbocycles. The van der Waals surface area contributed by atoms with Crippen LogP contribution in [0.2, 0.25) is 0 Å². The Morgan fingerprint density at radius 2 is 2.14 bits per heavy atom. The summed E-state index contributed by atoms with van der Waals surface area (Å²) in [6.45, 7) is 3.59. The van der Waals surface area contributed by atoms with Crippen molar-refractivity contribution in [2.75, 3.05) is 19.0 Å². The summed E-state index contributed by atoms with van der Waals surface area (Å²) in [4.78, 5) is 22.9. The van der Waals surface area contributed by atoms with Gasteiger partial charge in [-0.3, -0.25) is 10.1 Å². The van der Waals surface area contributed by atoms with Crippen LogP contribution >= 0.6 is 0 Å². The lowest BCUT2D eigenvalue weighted by atomic mass is 10.2. The lowest BCUT2D eigenvalue weighted by molar-refractivity contribution is -0.116. The normalized spacial score (nSPS) is 10.4. The molecule has 2 N–H and O–H groups in total. The molecule has 7 nitrogen and oxygen atoms in total. The van der Waals surface area contributed by atoms with Gasteiger partial charge in [0, 0.05) is 11.9 Å². The average Bonchev–Trinajstić information content (AvgIpc) is 2.49. The molecule has 116 valence electrons. The maximum absolute atomic E-state index is 11.7. The first-order chi connectivity index (χ1) is 10.5. The molecule has 0 heterocycles. The number of alkyl carbamates (subject to hydrolysis) is 1. The second-order valence-electron chi connectivity index (χ2n) is 4.17. The van der Waals surface area contributed by atoms with Crippen molar-refractivity contribution in [3.05, 3.63) is 35.5 Å². The van der Waals surface area contributed by atoms with Crippen molar-refractivity contribution in [2.45, 2.75) is 13.8 Å². The van der Waals surface area contributed by atoms with Crippen molar-refractivity contribution in [1.29, 1.82) is 5.26 Å². The van der Waals surface area contributed by atoms with Crippen LogP contribution in [0.4, 0.5) is 10.5 Å². The monoisotopic (exact) mass is 303 g/mol. The van der Waals surface area contributed by atoms with E-state index < -0.39 is 12.0 Å². The number of imide groups is 1. The van der Waals surface area contributed by atoms with E-state index in [1.165, 1.54) is 6.20 Å². The molecule has 1 aromatic rings. The van der Waals surface area contributed by atoms with E-state index in [1.54, 1.807) is 38.3 Å². The molecule has 0 saturated heterocycles. The predicted molar refractivity (Wildman–Crippen MR) is 80.2 cm³/mol. The number of benzene rings is 1. The minimum Gasteiger partial charge on any atom is -0.497 e. The van der Waals surface area contributed by atoms with E-state index in [2.05, 4.69) is 10.1 Å². The average molecular weight is 303 g/mol. The number of hydrogen-bond donors (Lipinski definition) is 2. The zero-order valence-corrected chi connectivity index (χ0v) is 12.6. The van der Waals surface area contributed by atoms with Crippen LogP contribution in [-0.4, -0.2) is 25.7 Å². The summed E-state index contributed by atoms with van der Waals surface area (Å²) in [6, 6.07) is 7.02. The molecule has 0 fully saturated rings. The molecule has 0 aliphatic heterocycles. The molecule has 2 amide bonds. The lowest BCUT2D eigenvalue weighted by Crippen LogP contribution is -2.32. The number of methoxy groups -OCH3 is 1. The fourth-order valence-corrected chi connectivity index (χ4v) is 1.55. The van der Waals surface area contributed by atoms with Gasteiger partial charge >= 0.3 is 6.09 Å². The van der Waals surface area contributed by atoms with Crippen LogP contribution in [0.15, 0.2) is 30.0 Å². The van der Waals surface area contributed by atoms with E-state index in [4.69, 9.17) is 10.00 Å². The van der Waals surface area contributed by atoms with Crippen molar-refractivity contribution in [2.24, 2.45) is 0 Å². The van der Waals surface area contributed by atoms with E-state index in [-0.39, 0.29) is 12.2 Å². The highest BCUT2D eigenvalue weighted by molar-refractivity contribution is 6.05. The van der Waals surface area contributed by atoms with Crippen LogP contribution in [0.5, 0.6) is 5.75 Å². The van der Waals surface area contributed by atoms with Crippen molar-refractivity contribution >= 4 is 17.7 Å². The number of nitrogens with zero attached hydrogens (tertiary/aromatic N) is 1. The number of carbonyl (C=O) groups excluding carboxylic acids is 2. The van der Waals surface area contributed by atoms with Crippen molar-refractivity contribution in [1.82, 2.24) is 5.32 Å². The third-order valence-corrected chi connectivity index (χ3v) is 2.66. The molecule has 0 unspecified atom stereocenters. The Morgan fingerprint density at radius 3 is 2.68 bits per heavy atom. The van der Waals surface area contributed by atoms with Gasteiger partial charge in [-0.1, -0.05) is 0 Å². The van der Waals surface area contributed by atoms with Gasteiger partial charge in [-0.2, -0.15) is 5.26 Å². The van der Waals surface area contributed by atoms with Crippen molar-refractivity contribution < 1.29 is 19.1 Å². The Hall–Kier alpha value is -3.01. The summed E-state index contributed by atoms with van der Waals surface area (Å²) < 4.78 is 9.66. The number of amides is 2. The van der Waals surface area contributed by atoms with Crippen LogP contribution in [0.3, 0.4) is 0 Å². The standard InChI is InChI=1S/C15H17N3O4/c1-4-22-15(20)18-14(19)11(8-16)9-17-13-6-5-12(21-3)7-10(13)2/h5-7,9,17H,4H2,1-3H3,(H,18,19,20)/b11-9-. The summed E-state index contributed by atoms with van der Waals surface area (Å²) in [5, 5.41) is 13.8. The number of nitrogens with one attached hydrogen (secondary N) is 2. The third kappa shape index (κ3) is 4.83. The Balaban J connectivity index is 2.79. The summed E-state index contributed by atoms with van der Waals surface area (Å²) in [7, 11) is 1.56. The van der Waals surface area contributed by atoms with Gasteiger partial charge in [0.2, 0.25) is 0 Å². The SMILES string of the molecule is CCOC(=O)NC(=O)/C(C#N)=C\Nc1ccc(OC)cc1C. The minimum absolute atomic E-state index is 0.133. The van der Waals surface area contributed by atoms with E-state index in [0.29, 0.717) is 11.4 Å². The van der Waals surface area contributed by atoms with Gasteiger partial charge in [-0.15, -0.1) is 0 Å².